The van der Waals surface area contributed by atoms with Gasteiger partial charge in [0.25, 0.3) is 0 Å². The number of nitrogens with two attached hydrogens (primary N) is 1. The standard InChI is InChI=1S/C14H23NO2/c1-11-5-7-13(8-6-11)14(12(2)15)17-10-4-9-16-3/h5-8,12,14H,4,9-10,15H2,1-3H3. The van der Waals surface area contributed by atoms with E-state index in [0.717, 1.165) is 18.6 Å². The Morgan fingerprint density at radius 3 is 2.35 bits per heavy atom. The van der Waals surface area contributed by atoms with Gasteiger partial charge in [0.05, 0.1) is 6.10 Å². The van der Waals surface area contributed by atoms with Gasteiger partial charge >= 0.3 is 0 Å². The third kappa shape index (κ3) is 4.86. The van der Waals surface area contributed by atoms with Crippen molar-refractivity contribution in [3.63, 3.8) is 0 Å². The molecule has 0 aliphatic heterocycles. The van der Waals surface area contributed by atoms with Gasteiger partial charge in [0.2, 0.25) is 0 Å². The van der Waals surface area contributed by atoms with Crippen LogP contribution in [0, 0.1) is 6.92 Å². The molecule has 0 aliphatic carbocycles. The lowest BCUT2D eigenvalue weighted by Gasteiger charge is -2.22. The van der Waals surface area contributed by atoms with Gasteiger partial charge in [-0.3, -0.25) is 0 Å². The van der Waals surface area contributed by atoms with Crippen LogP contribution in [-0.4, -0.2) is 26.4 Å². The van der Waals surface area contributed by atoms with Crippen LogP contribution >= 0.6 is 0 Å². The second-order valence-corrected chi connectivity index (χ2v) is 4.41. The van der Waals surface area contributed by atoms with E-state index in [-0.39, 0.29) is 12.1 Å². The van der Waals surface area contributed by atoms with Crippen LogP contribution < -0.4 is 5.73 Å². The second-order valence-electron chi connectivity index (χ2n) is 4.41. The summed E-state index contributed by atoms with van der Waals surface area (Å²) in [6.45, 7) is 5.44. The Kier molecular flexibility index (Phi) is 6.19. The molecule has 2 unspecified atom stereocenters. The maximum absolute atomic E-state index is 5.97. The molecule has 3 heteroatoms. The first-order chi connectivity index (χ1) is 8.15. The van der Waals surface area contributed by atoms with Crippen molar-refractivity contribution >= 4 is 0 Å². The first-order valence-corrected chi connectivity index (χ1v) is 6.08. The van der Waals surface area contributed by atoms with Gasteiger partial charge in [-0.1, -0.05) is 29.8 Å². The monoisotopic (exact) mass is 237 g/mol. The topological polar surface area (TPSA) is 44.5 Å². The number of hydrogen-bond donors (Lipinski definition) is 1. The molecule has 1 aromatic rings. The van der Waals surface area contributed by atoms with Crippen molar-refractivity contribution in [3.05, 3.63) is 35.4 Å². The number of methoxy groups -OCH3 is 1. The molecule has 2 atom stereocenters. The van der Waals surface area contributed by atoms with E-state index in [2.05, 4.69) is 31.2 Å². The minimum atomic E-state index is -0.0348. The normalized spacial score (nSPS) is 14.6. The highest BCUT2D eigenvalue weighted by Gasteiger charge is 2.16. The average molecular weight is 237 g/mol. The fourth-order valence-electron chi connectivity index (χ4n) is 1.72. The molecular weight excluding hydrogens is 214 g/mol. The number of ether oxygens (including phenoxy) is 2. The van der Waals surface area contributed by atoms with E-state index in [4.69, 9.17) is 15.2 Å². The summed E-state index contributed by atoms with van der Waals surface area (Å²) < 4.78 is 10.8. The minimum Gasteiger partial charge on any atom is -0.385 e. The van der Waals surface area contributed by atoms with Crippen LogP contribution in [0.5, 0.6) is 0 Å². The van der Waals surface area contributed by atoms with Crippen LogP contribution in [0.25, 0.3) is 0 Å². The lowest BCUT2D eigenvalue weighted by molar-refractivity contribution is 0.0264. The number of benzene rings is 1. The van der Waals surface area contributed by atoms with Gasteiger partial charge in [-0.25, -0.2) is 0 Å². The molecule has 0 saturated carbocycles. The fraction of sp³-hybridized carbons (Fsp3) is 0.571. The Morgan fingerprint density at radius 2 is 1.82 bits per heavy atom. The molecular formula is C14H23NO2. The zero-order valence-corrected chi connectivity index (χ0v) is 11.0. The molecule has 1 aromatic carbocycles. The summed E-state index contributed by atoms with van der Waals surface area (Å²) in [4.78, 5) is 0. The molecule has 0 bridgehead atoms. The summed E-state index contributed by atoms with van der Waals surface area (Å²) in [6.07, 6.45) is 0.860. The van der Waals surface area contributed by atoms with Gasteiger partial charge < -0.3 is 15.2 Å². The van der Waals surface area contributed by atoms with E-state index in [1.165, 1.54) is 5.56 Å². The summed E-state index contributed by atoms with van der Waals surface area (Å²) >= 11 is 0. The van der Waals surface area contributed by atoms with Crippen molar-refractivity contribution in [1.29, 1.82) is 0 Å². The Labute approximate surface area is 104 Å². The molecule has 0 saturated heterocycles. The molecule has 0 heterocycles. The first kappa shape index (κ1) is 14.2. The molecule has 96 valence electrons. The highest BCUT2D eigenvalue weighted by molar-refractivity contribution is 5.24. The minimum absolute atomic E-state index is 0.0137. The molecule has 0 fully saturated rings. The van der Waals surface area contributed by atoms with Gasteiger partial charge in [-0.2, -0.15) is 0 Å². The average Bonchev–Trinajstić information content (AvgIpc) is 2.30. The molecule has 0 aliphatic rings. The van der Waals surface area contributed by atoms with Gasteiger partial charge in [-0.15, -0.1) is 0 Å². The smallest absolute Gasteiger partial charge is 0.0972 e. The van der Waals surface area contributed by atoms with Crippen LogP contribution in [0.3, 0.4) is 0 Å². The van der Waals surface area contributed by atoms with Gasteiger partial charge in [-0.05, 0) is 25.8 Å². The van der Waals surface area contributed by atoms with Crippen molar-refractivity contribution in [1.82, 2.24) is 0 Å². The predicted molar refractivity (Wildman–Crippen MR) is 70.0 cm³/mol. The predicted octanol–water partition coefficient (Wildman–Crippen LogP) is 2.44. The van der Waals surface area contributed by atoms with Crippen molar-refractivity contribution in [3.8, 4) is 0 Å². The van der Waals surface area contributed by atoms with Gasteiger partial charge in [0, 0.05) is 26.4 Å². The first-order valence-electron chi connectivity index (χ1n) is 6.08. The molecule has 17 heavy (non-hydrogen) atoms. The third-order valence-electron chi connectivity index (χ3n) is 2.67. The maximum Gasteiger partial charge on any atom is 0.0972 e. The molecule has 2 N–H and O–H groups in total. The van der Waals surface area contributed by atoms with Crippen molar-refractivity contribution in [2.45, 2.75) is 32.4 Å². The number of aryl methyl sites for hydroxylation is 1. The summed E-state index contributed by atoms with van der Waals surface area (Å²) in [5, 5.41) is 0. The largest absolute Gasteiger partial charge is 0.385 e. The lowest BCUT2D eigenvalue weighted by Crippen LogP contribution is -2.27. The molecule has 0 amide bonds. The molecule has 0 radical (unpaired) electrons. The second kappa shape index (κ2) is 7.43. The van der Waals surface area contributed by atoms with Crippen molar-refractivity contribution < 1.29 is 9.47 Å². The van der Waals surface area contributed by atoms with E-state index in [0.29, 0.717) is 6.61 Å². The molecule has 3 nitrogen and oxygen atoms in total. The van der Waals surface area contributed by atoms with E-state index in [9.17, 15) is 0 Å². The Bertz CT molecular complexity index is 309. The van der Waals surface area contributed by atoms with E-state index < -0.39 is 0 Å². The highest BCUT2D eigenvalue weighted by Crippen LogP contribution is 2.20. The summed E-state index contributed by atoms with van der Waals surface area (Å²) in [5.41, 5.74) is 8.35. The van der Waals surface area contributed by atoms with Gasteiger partial charge in [0.1, 0.15) is 0 Å². The maximum atomic E-state index is 5.97. The Balaban J connectivity index is 2.56. The number of rotatable bonds is 7. The Morgan fingerprint density at radius 1 is 1.18 bits per heavy atom. The van der Waals surface area contributed by atoms with Crippen LogP contribution in [0.1, 0.15) is 30.6 Å². The quantitative estimate of drug-likeness (QED) is 0.741. The summed E-state index contributed by atoms with van der Waals surface area (Å²) in [7, 11) is 1.70. The highest BCUT2D eigenvalue weighted by atomic mass is 16.5. The summed E-state index contributed by atoms with van der Waals surface area (Å²) in [6, 6.07) is 8.33. The SMILES string of the molecule is COCCCOC(c1ccc(C)cc1)C(C)N. The van der Waals surface area contributed by atoms with Crippen LogP contribution in [0.2, 0.25) is 0 Å². The number of hydrogen-bond acceptors (Lipinski definition) is 3. The lowest BCUT2D eigenvalue weighted by atomic mass is 10.0. The van der Waals surface area contributed by atoms with Crippen LogP contribution in [0.4, 0.5) is 0 Å². The molecule has 0 aromatic heterocycles. The third-order valence-corrected chi connectivity index (χ3v) is 2.67. The van der Waals surface area contributed by atoms with Crippen molar-refractivity contribution in [2.75, 3.05) is 20.3 Å². The van der Waals surface area contributed by atoms with Gasteiger partial charge in [0.15, 0.2) is 0 Å². The van der Waals surface area contributed by atoms with E-state index in [1.54, 1.807) is 7.11 Å². The zero-order valence-electron chi connectivity index (χ0n) is 11.0. The Hall–Kier alpha value is -0.900. The van der Waals surface area contributed by atoms with E-state index >= 15 is 0 Å². The fourth-order valence-corrected chi connectivity index (χ4v) is 1.72. The molecule has 1 rings (SSSR count). The van der Waals surface area contributed by atoms with Crippen LogP contribution in [0.15, 0.2) is 24.3 Å². The summed E-state index contributed by atoms with van der Waals surface area (Å²) in [5.74, 6) is 0. The van der Waals surface area contributed by atoms with E-state index in [1.807, 2.05) is 6.92 Å². The zero-order chi connectivity index (χ0) is 12.7. The van der Waals surface area contributed by atoms with Crippen LogP contribution in [-0.2, 0) is 9.47 Å². The molecule has 0 spiro atoms. The van der Waals surface area contributed by atoms with Crippen molar-refractivity contribution in [2.24, 2.45) is 5.73 Å².